The number of carbonyl (C=O) groups excluding carboxylic acids is 1. The predicted octanol–water partition coefficient (Wildman–Crippen LogP) is 1.49. The highest BCUT2D eigenvalue weighted by atomic mass is 16.3. The quantitative estimate of drug-likeness (QED) is 0.795. The first-order valence-electron chi connectivity index (χ1n) is 7.44. The van der Waals surface area contributed by atoms with Crippen molar-refractivity contribution in [3.05, 3.63) is 5.69 Å². The fraction of sp³-hybridized carbons (Fsp3) is 0.643. The Balaban J connectivity index is 1.80. The summed E-state index contributed by atoms with van der Waals surface area (Å²) in [6, 6.07) is 0. The van der Waals surface area contributed by atoms with Crippen LogP contribution in [0.25, 0.3) is 11.0 Å². The molecule has 1 aliphatic rings. The van der Waals surface area contributed by atoms with Gasteiger partial charge in [-0.1, -0.05) is 19.8 Å². The maximum absolute atomic E-state index is 12.2. The molecule has 0 atom stereocenters. The molecule has 0 bridgehead atoms. The number of anilines is 1. The second kappa shape index (κ2) is 5.14. The van der Waals surface area contributed by atoms with Gasteiger partial charge in [0.05, 0.1) is 23.1 Å². The van der Waals surface area contributed by atoms with E-state index in [1.807, 2.05) is 14.0 Å². The van der Waals surface area contributed by atoms with Crippen LogP contribution in [0.2, 0.25) is 0 Å². The first kappa shape index (κ1) is 14.1. The van der Waals surface area contributed by atoms with Gasteiger partial charge in [-0.3, -0.25) is 9.89 Å². The van der Waals surface area contributed by atoms with Crippen LogP contribution in [0.15, 0.2) is 0 Å². The van der Waals surface area contributed by atoms with Crippen LogP contribution in [0.3, 0.4) is 0 Å². The van der Waals surface area contributed by atoms with Crippen molar-refractivity contribution in [3.8, 4) is 0 Å². The Morgan fingerprint density at radius 1 is 1.48 bits per heavy atom. The van der Waals surface area contributed by atoms with Crippen molar-refractivity contribution in [2.75, 3.05) is 5.32 Å². The zero-order chi connectivity index (χ0) is 15.0. The Morgan fingerprint density at radius 3 is 2.86 bits per heavy atom. The smallest absolute Gasteiger partial charge is 0.228 e. The number of amides is 1. The number of rotatable bonds is 4. The highest BCUT2D eigenvalue weighted by Crippen LogP contribution is 2.33. The van der Waals surface area contributed by atoms with Gasteiger partial charge in [0.15, 0.2) is 5.65 Å². The van der Waals surface area contributed by atoms with Crippen molar-refractivity contribution in [1.82, 2.24) is 20.0 Å². The summed E-state index contributed by atoms with van der Waals surface area (Å²) >= 11 is 0. The lowest BCUT2D eigenvalue weighted by atomic mass is 9.98. The molecule has 21 heavy (non-hydrogen) atoms. The molecular weight excluding hydrogens is 270 g/mol. The predicted molar refractivity (Wildman–Crippen MR) is 78.9 cm³/mol. The molecule has 114 valence electrons. The van der Waals surface area contributed by atoms with E-state index in [-0.39, 0.29) is 12.3 Å². The molecular formula is C14H21N5O2. The van der Waals surface area contributed by atoms with Gasteiger partial charge < -0.3 is 10.4 Å². The van der Waals surface area contributed by atoms with Gasteiger partial charge in [-0.15, -0.1) is 0 Å². The number of carbonyl (C=O) groups is 1. The summed E-state index contributed by atoms with van der Waals surface area (Å²) < 4.78 is 1.70. The van der Waals surface area contributed by atoms with Crippen LogP contribution in [-0.4, -0.2) is 36.6 Å². The number of aromatic amines is 1. The van der Waals surface area contributed by atoms with Gasteiger partial charge in [-0.25, -0.2) is 4.68 Å². The van der Waals surface area contributed by atoms with E-state index in [0.717, 1.165) is 36.0 Å². The van der Waals surface area contributed by atoms with E-state index >= 15 is 0 Å². The van der Waals surface area contributed by atoms with Crippen LogP contribution >= 0.6 is 0 Å². The lowest BCUT2D eigenvalue weighted by Gasteiger charge is -2.20. The first-order valence-corrected chi connectivity index (χ1v) is 7.44. The highest BCUT2D eigenvalue weighted by Gasteiger charge is 2.33. The number of nitrogens with zero attached hydrogens (tertiary/aromatic N) is 3. The van der Waals surface area contributed by atoms with Crippen LogP contribution in [-0.2, 0) is 18.3 Å². The van der Waals surface area contributed by atoms with Crippen molar-refractivity contribution in [2.24, 2.45) is 7.05 Å². The molecule has 3 rings (SSSR count). The molecule has 2 heterocycles. The zero-order valence-corrected chi connectivity index (χ0v) is 12.4. The summed E-state index contributed by atoms with van der Waals surface area (Å²) in [6.45, 7) is 2.02. The van der Waals surface area contributed by atoms with Crippen molar-refractivity contribution in [2.45, 2.75) is 51.0 Å². The largest absolute Gasteiger partial charge is 0.389 e. The molecule has 2 aromatic rings. The van der Waals surface area contributed by atoms with E-state index < -0.39 is 5.60 Å². The molecule has 2 aromatic heterocycles. The standard InChI is InChI=1S/C14H21N5O2/c1-3-9-11-12(16-17-13(11)19(2)18-9)15-10(20)8-14(21)6-4-5-7-14/h21H,3-8H2,1-2H3,(H2,15,16,17,20). The molecule has 7 nitrogen and oxygen atoms in total. The Bertz CT molecular complexity index is 666. The topological polar surface area (TPSA) is 95.8 Å². The van der Waals surface area contributed by atoms with Crippen molar-refractivity contribution in [1.29, 1.82) is 0 Å². The van der Waals surface area contributed by atoms with Crippen LogP contribution in [0.1, 0.15) is 44.7 Å². The lowest BCUT2D eigenvalue weighted by molar-refractivity contribution is -0.120. The Morgan fingerprint density at radius 2 is 2.19 bits per heavy atom. The molecule has 0 radical (unpaired) electrons. The Kier molecular flexibility index (Phi) is 3.44. The molecule has 0 aliphatic heterocycles. The van der Waals surface area contributed by atoms with E-state index in [1.54, 1.807) is 4.68 Å². The molecule has 0 saturated heterocycles. The lowest BCUT2D eigenvalue weighted by Crippen LogP contribution is -2.30. The molecule has 7 heteroatoms. The van der Waals surface area contributed by atoms with Gasteiger partial charge in [-0.05, 0) is 19.3 Å². The van der Waals surface area contributed by atoms with E-state index in [1.165, 1.54) is 0 Å². The molecule has 0 unspecified atom stereocenters. The number of fused-ring (bicyclic) bond motifs is 1. The maximum Gasteiger partial charge on any atom is 0.228 e. The average molecular weight is 291 g/mol. The summed E-state index contributed by atoms with van der Waals surface area (Å²) in [5, 5.41) is 25.4. The summed E-state index contributed by atoms with van der Waals surface area (Å²) in [7, 11) is 1.83. The number of hydrogen-bond acceptors (Lipinski definition) is 4. The van der Waals surface area contributed by atoms with Gasteiger partial charge in [-0.2, -0.15) is 10.2 Å². The number of nitrogens with one attached hydrogen (secondary N) is 2. The first-order chi connectivity index (χ1) is 10.0. The molecule has 0 aromatic carbocycles. The molecule has 0 spiro atoms. The highest BCUT2D eigenvalue weighted by molar-refractivity contribution is 6.00. The monoisotopic (exact) mass is 291 g/mol. The minimum atomic E-state index is -0.842. The number of aliphatic hydroxyl groups is 1. The molecule has 1 aliphatic carbocycles. The van der Waals surface area contributed by atoms with Gasteiger partial charge in [0.1, 0.15) is 5.82 Å². The van der Waals surface area contributed by atoms with E-state index in [2.05, 4.69) is 20.6 Å². The molecule has 3 N–H and O–H groups in total. The zero-order valence-electron chi connectivity index (χ0n) is 12.4. The number of H-pyrrole nitrogens is 1. The third kappa shape index (κ3) is 2.53. The number of aryl methyl sites for hydroxylation is 2. The van der Waals surface area contributed by atoms with Crippen molar-refractivity contribution < 1.29 is 9.90 Å². The fourth-order valence-electron chi connectivity index (χ4n) is 3.15. The summed E-state index contributed by atoms with van der Waals surface area (Å²) in [6.07, 6.45) is 4.28. The molecule has 1 saturated carbocycles. The number of hydrogen-bond donors (Lipinski definition) is 3. The Hall–Kier alpha value is -1.89. The summed E-state index contributed by atoms with van der Waals surface area (Å²) in [4.78, 5) is 12.2. The average Bonchev–Trinajstić information content (AvgIpc) is 3.09. The minimum Gasteiger partial charge on any atom is -0.389 e. The fourth-order valence-corrected chi connectivity index (χ4v) is 3.15. The Labute approximate surface area is 122 Å². The van der Waals surface area contributed by atoms with E-state index in [4.69, 9.17) is 0 Å². The second-order valence-corrected chi connectivity index (χ2v) is 5.88. The van der Waals surface area contributed by atoms with Gasteiger partial charge in [0.25, 0.3) is 0 Å². The summed E-state index contributed by atoms with van der Waals surface area (Å²) in [5.41, 5.74) is 0.781. The minimum absolute atomic E-state index is 0.134. The number of aromatic nitrogens is 4. The van der Waals surface area contributed by atoms with Gasteiger partial charge in [0.2, 0.25) is 5.91 Å². The van der Waals surface area contributed by atoms with Crippen molar-refractivity contribution >= 4 is 22.8 Å². The van der Waals surface area contributed by atoms with E-state index in [9.17, 15) is 9.90 Å². The second-order valence-electron chi connectivity index (χ2n) is 5.88. The normalized spacial score (nSPS) is 17.5. The van der Waals surface area contributed by atoms with Crippen LogP contribution in [0.5, 0.6) is 0 Å². The van der Waals surface area contributed by atoms with Crippen LogP contribution < -0.4 is 5.32 Å². The third-order valence-electron chi connectivity index (χ3n) is 4.24. The summed E-state index contributed by atoms with van der Waals surface area (Å²) in [5.74, 6) is 0.386. The van der Waals surface area contributed by atoms with Crippen molar-refractivity contribution in [3.63, 3.8) is 0 Å². The molecule has 1 amide bonds. The molecule has 1 fully saturated rings. The third-order valence-corrected chi connectivity index (χ3v) is 4.24. The van der Waals surface area contributed by atoms with Crippen LogP contribution in [0.4, 0.5) is 5.82 Å². The van der Waals surface area contributed by atoms with Crippen LogP contribution in [0, 0.1) is 0 Å². The van der Waals surface area contributed by atoms with Gasteiger partial charge >= 0.3 is 0 Å². The van der Waals surface area contributed by atoms with Gasteiger partial charge in [0, 0.05) is 7.05 Å². The SMILES string of the molecule is CCc1nn(C)c2n[nH]c(NC(=O)CC3(O)CCCC3)c12. The van der Waals surface area contributed by atoms with E-state index in [0.29, 0.717) is 18.7 Å². The maximum atomic E-state index is 12.2.